The number of rotatable bonds is 8. The van der Waals surface area contributed by atoms with E-state index in [1.54, 1.807) is 7.11 Å². The minimum absolute atomic E-state index is 0.220. The summed E-state index contributed by atoms with van der Waals surface area (Å²) in [5, 5.41) is 13.3. The van der Waals surface area contributed by atoms with E-state index in [4.69, 9.17) is 4.74 Å². The summed E-state index contributed by atoms with van der Waals surface area (Å²) in [6.45, 7) is 9.00. The van der Waals surface area contributed by atoms with Gasteiger partial charge in [0.25, 0.3) is 0 Å². The second kappa shape index (κ2) is 8.15. The second-order valence-corrected chi connectivity index (χ2v) is 6.20. The summed E-state index contributed by atoms with van der Waals surface area (Å²) in [5.74, 6) is 2.17. The van der Waals surface area contributed by atoms with Crippen molar-refractivity contribution in [2.24, 2.45) is 17.8 Å². The first-order valence-corrected chi connectivity index (χ1v) is 7.49. The fraction of sp³-hybridized carbons (Fsp3) is 0.647. The van der Waals surface area contributed by atoms with E-state index in [0.29, 0.717) is 11.8 Å². The SMILES string of the molecule is COc1ccc(N[C@H](CC(C)C)[C@@H](CO)C(C)C)cc1. The largest absolute Gasteiger partial charge is 0.497 e. The van der Waals surface area contributed by atoms with Gasteiger partial charge in [-0.2, -0.15) is 0 Å². The van der Waals surface area contributed by atoms with Crippen molar-refractivity contribution >= 4 is 5.69 Å². The van der Waals surface area contributed by atoms with Crippen LogP contribution in [0.3, 0.4) is 0 Å². The first-order valence-electron chi connectivity index (χ1n) is 7.49. The average Bonchev–Trinajstić information content (AvgIpc) is 2.39. The van der Waals surface area contributed by atoms with Gasteiger partial charge >= 0.3 is 0 Å². The molecule has 0 saturated carbocycles. The Morgan fingerprint density at radius 2 is 1.70 bits per heavy atom. The van der Waals surface area contributed by atoms with E-state index in [1.807, 2.05) is 24.3 Å². The Kier molecular flexibility index (Phi) is 6.86. The van der Waals surface area contributed by atoms with Crippen LogP contribution in [-0.4, -0.2) is 24.9 Å². The third-order valence-corrected chi connectivity index (χ3v) is 3.75. The zero-order chi connectivity index (χ0) is 15.1. The summed E-state index contributed by atoms with van der Waals surface area (Å²) in [5.41, 5.74) is 1.08. The van der Waals surface area contributed by atoms with Crippen molar-refractivity contribution in [2.75, 3.05) is 19.0 Å². The maximum Gasteiger partial charge on any atom is 0.119 e. The number of methoxy groups -OCH3 is 1. The first kappa shape index (κ1) is 16.8. The lowest BCUT2D eigenvalue weighted by atomic mass is 9.84. The number of nitrogens with one attached hydrogen (secondary N) is 1. The van der Waals surface area contributed by atoms with E-state index in [2.05, 4.69) is 33.0 Å². The Balaban J connectivity index is 2.81. The van der Waals surface area contributed by atoms with Crippen molar-refractivity contribution in [3.05, 3.63) is 24.3 Å². The van der Waals surface area contributed by atoms with Crippen LogP contribution >= 0.6 is 0 Å². The lowest BCUT2D eigenvalue weighted by molar-refractivity contribution is 0.163. The van der Waals surface area contributed by atoms with Crippen LogP contribution in [0.4, 0.5) is 5.69 Å². The van der Waals surface area contributed by atoms with E-state index < -0.39 is 0 Å². The zero-order valence-corrected chi connectivity index (χ0v) is 13.4. The van der Waals surface area contributed by atoms with Crippen LogP contribution in [0.25, 0.3) is 0 Å². The molecule has 0 bridgehead atoms. The standard InChI is InChI=1S/C17H29NO2/c1-12(2)10-17(16(11-19)13(3)4)18-14-6-8-15(20-5)9-7-14/h6-9,12-13,16-19H,10-11H2,1-5H3/t16-,17+/m0/s1. The van der Waals surface area contributed by atoms with Gasteiger partial charge in [-0.3, -0.25) is 0 Å². The number of ether oxygens (including phenoxy) is 1. The fourth-order valence-electron chi connectivity index (χ4n) is 2.55. The molecular formula is C17H29NO2. The maximum absolute atomic E-state index is 9.68. The Hall–Kier alpha value is -1.22. The van der Waals surface area contributed by atoms with Gasteiger partial charge in [0.15, 0.2) is 0 Å². The van der Waals surface area contributed by atoms with Crippen LogP contribution in [0.1, 0.15) is 34.1 Å². The van der Waals surface area contributed by atoms with Crippen molar-refractivity contribution in [3.8, 4) is 5.75 Å². The van der Waals surface area contributed by atoms with Crippen LogP contribution in [0.2, 0.25) is 0 Å². The van der Waals surface area contributed by atoms with Gasteiger partial charge in [-0.05, 0) is 42.5 Å². The minimum atomic E-state index is 0.220. The number of hydrogen-bond donors (Lipinski definition) is 2. The van der Waals surface area contributed by atoms with Gasteiger partial charge < -0.3 is 15.2 Å². The van der Waals surface area contributed by atoms with Crippen LogP contribution in [-0.2, 0) is 0 Å². The third-order valence-electron chi connectivity index (χ3n) is 3.75. The lowest BCUT2D eigenvalue weighted by Crippen LogP contribution is -2.36. The van der Waals surface area contributed by atoms with Crippen LogP contribution in [0.15, 0.2) is 24.3 Å². The van der Waals surface area contributed by atoms with Crippen LogP contribution in [0, 0.1) is 17.8 Å². The van der Waals surface area contributed by atoms with Gasteiger partial charge in [0.1, 0.15) is 5.75 Å². The van der Waals surface area contributed by atoms with Gasteiger partial charge in [-0.1, -0.05) is 27.7 Å². The number of aliphatic hydroxyl groups excluding tert-OH is 1. The van der Waals surface area contributed by atoms with Crippen LogP contribution < -0.4 is 10.1 Å². The molecule has 0 radical (unpaired) electrons. The number of hydrogen-bond acceptors (Lipinski definition) is 3. The summed E-state index contributed by atoms with van der Waals surface area (Å²) >= 11 is 0. The number of aliphatic hydroxyl groups is 1. The highest BCUT2D eigenvalue weighted by atomic mass is 16.5. The van der Waals surface area contributed by atoms with Gasteiger partial charge in [-0.25, -0.2) is 0 Å². The zero-order valence-electron chi connectivity index (χ0n) is 13.4. The predicted octanol–water partition coefficient (Wildman–Crippen LogP) is 3.79. The molecule has 0 aliphatic rings. The normalized spacial score (nSPS) is 14.4. The molecule has 0 heterocycles. The third kappa shape index (κ3) is 5.04. The monoisotopic (exact) mass is 279 g/mol. The predicted molar refractivity (Wildman–Crippen MR) is 85.3 cm³/mol. The Morgan fingerprint density at radius 1 is 1.10 bits per heavy atom. The molecule has 0 saturated heterocycles. The molecule has 2 atom stereocenters. The molecule has 0 amide bonds. The van der Waals surface area contributed by atoms with Gasteiger partial charge in [0.05, 0.1) is 7.11 Å². The molecule has 114 valence electrons. The smallest absolute Gasteiger partial charge is 0.119 e. The highest BCUT2D eigenvalue weighted by Crippen LogP contribution is 2.25. The Labute approximate surface area is 123 Å². The molecule has 0 unspecified atom stereocenters. The van der Waals surface area contributed by atoms with Gasteiger partial charge in [0.2, 0.25) is 0 Å². The molecule has 3 heteroatoms. The molecule has 1 aromatic carbocycles. The summed E-state index contributed by atoms with van der Waals surface area (Å²) in [4.78, 5) is 0. The van der Waals surface area contributed by atoms with Crippen molar-refractivity contribution < 1.29 is 9.84 Å². The van der Waals surface area contributed by atoms with Gasteiger partial charge in [0, 0.05) is 24.3 Å². The maximum atomic E-state index is 9.68. The molecular weight excluding hydrogens is 250 g/mol. The Bertz CT molecular complexity index is 373. The van der Waals surface area contributed by atoms with E-state index in [1.165, 1.54) is 0 Å². The van der Waals surface area contributed by atoms with Crippen molar-refractivity contribution in [3.63, 3.8) is 0 Å². The molecule has 0 aliphatic heterocycles. The molecule has 0 spiro atoms. The molecule has 0 aromatic heterocycles. The molecule has 20 heavy (non-hydrogen) atoms. The number of benzene rings is 1. The fourth-order valence-corrected chi connectivity index (χ4v) is 2.55. The van der Waals surface area contributed by atoms with Gasteiger partial charge in [-0.15, -0.1) is 0 Å². The molecule has 2 N–H and O–H groups in total. The Morgan fingerprint density at radius 3 is 2.10 bits per heavy atom. The lowest BCUT2D eigenvalue weighted by Gasteiger charge is -2.31. The molecule has 1 rings (SSSR count). The first-order chi connectivity index (χ1) is 9.47. The molecule has 1 aromatic rings. The summed E-state index contributed by atoms with van der Waals surface area (Å²) in [7, 11) is 1.67. The molecule has 3 nitrogen and oxygen atoms in total. The van der Waals surface area contributed by atoms with Crippen molar-refractivity contribution in [2.45, 2.75) is 40.2 Å². The summed E-state index contributed by atoms with van der Waals surface area (Å²) in [6.07, 6.45) is 1.05. The molecule has 0 fully saturated rings. The number of anilines is 1. The van der Waals surface area contributed by atoms with E-state index in [0.717, 1.165) is 17.9 Å². The second-order valence-electron chi connectivity index (χ2n) is 6.20. The molecule has 0 aliphatic carbocycles. The van der Waals surface area contributed by atoms with Crippen molar-refractivity contribution in [1.82, 2.24) is 0 Å². The highest BCUT2D eigenvalue weighted by molar-refractivity contribution is 5.47. The minimum Gasteiger partial charge on any atom is -0.497 e. The summed E-state index contributed by atoms with van der Waals surface area (Å²) < 4.78 is 5.18. The topological polar surface area (TPSA) is 41.5 Å². The summed E-state index contributed by atoms with van der Waals surface area (Å²) in [6, 6.07) is 8.26. The van der Waals surface area contributed by atoms with E-state index in [9.17, 15) is 5.11 Å². The van der Waals surface area contributed by atoms with Crippen LogP contribution in [0.5, 0.6) is 5.75 Å². The van der Waals surface area contributed by atoms with Crippen molar-refractivity contribution in [1.29, 1.82) is 0 Å². The van der Waals surface area contributed by atoms with E-state index in [-0.39, 0.29) is 18.6 Å². The average molecular weight is 279 g/mol. The highest BCUT2D eigenvalue weighted by Gasteiger charge is 2.24. The quantitative estimate of drug-likeness (QED) is 0.761. The van der Waals surface area contributed by atoms with E-state index >= 15 is 0 Å².